The predicted octanol–water partition coefficient (Wildman–Crippen LogP) is 3.35. The maximum Gasteiger partial charge on any atom is 0.154 e. The Morgan fingerprint density at radius 2 is 2.31 bits per heavy atom. The molecule has 0 atom stereocenters. The molecule has 0 aliphatic carbocycles. The fourth-order valence-corrected chi connectivity index (χ4v) is 1.27. The molecule has 0 bridgehead atoms. The van der Waals surface area contributed by atoms with Crippen LogP contribution in [0, 0.1) is 6.57 Å². The minimum atomic E-state index is 0.785. The molecule has 3 heteroatoms. The van der Waals surface area contributed by atoms with Gasteiger partial charge in [0.2, 0.25) is 0 Å². The van der Waals surface area contributed by atoms with Crippen molar-refractivity contribution in [2.75, 3.05) is 7.11 Å². The van der Waals surface area contributed by atoms with Gasteiger partial charge in [-0.2, -0.15) is 0 Å². The molecule has 0 saturated heterocycles. The normalized spacial score (nSPS) is 9.92. The summed E-state index contributed by atoms with van der Waals surface area (Å²) in [6.45, 7) is 6.61. The summed E-state index contributed by atoms with van der Waals surface area (Å²) < 4.78 is 6.01. The summed E-state index contributed by atoms with van der Waals surface area (Å²) in [7, 11) is 1.62. The first kappa shape index (κ1) is 9.82. The molecule has 0 fully saturated rings. The molecule has 66 valence electrons. The number of hydrogen-bond acceptors (Lipinski definition) is 1. The molecule has 0 aromatic heterocycles. The molecule has 0 heterocycles. The molecule has 0 N–H and O–H groups in total. The Labute approximate surface area is 85.8 Å². The first-order chi connectivity index (χ1) is 6.27. The number of hydrogen-bond donors (Lipinski definition) is 0. The Balaban J connectivity index is 3.05. The van der Waals surface area contributed by atoms with Crippen LogP contribution >= 0.6 is 15.9 Å². The van der Waals surface area contributed by atoms with Crippen molar-refractivity contribution in [2.24, 2.45) is 0 Å². The van der Waals surface area contributed by atoms with E-state index < -0.39 is 0 Å². The highest BCUT2D eigenvalue weighted by atomic mass is 79.9. The number of ether oxygens (including phenoxy) is 1. The molecule has 1 aromatic rings. The highest BCUT2D eigenvalue weighted by Crippen LogP contribution is 2.23. The molecule has 0 spiro atoms. The summed E-state index contributed by atoms with van der Waals surface area (Å²) in [5.74, 6) is 0.785. The Bertz CT molecular complexity index is 366. The van der Waals surface area contributed by atoms with Crippen LogP contribution in [-0.4, -0.2) is 7.11 Å². The van der Waals surface area contributed by atoms with Gasteiger partial charge in [-0.1, -0.05) is 22.0 Å². The minimum absolute atomic E-state index is 0.785. The van der Waals surface area contributed by atoms with Gasteiger partial charge in [-0.05, 0) is 23.8 Å². The van der Waals surface area contributed by atoms with Crippen molar-refractivity contribution >= 4 is 22.0 Å². The lowest BCUT2D eigenvalue weighted by atomic mass is 10.2. The number of rotatable bonds is 2. The van der Waals surface area contributed by atoms with E-state index in [0.29, 0.717) is 0 Å². The van der Waals surface area contributed by atoms with Crippen LogP contribution in [0.4, 0.5) is 0 Å². The number of benzene rings is 1. The maximum absolute atomic E-state index is 6.61. The van der Waals surface area contributed by atoms with Crippen molar-refractivity contribution in [2.45, 2.75) is 0 Å². The molecule has 0 radical (unpaired) electrons. The third kappa shape index (κ3) is 2.60. The van der Waals surface area contributed by atoms with Crippen molar-refractivity contribution < 1.29 is 4.74 Å². The van der Waals surface area contributed by atoms with Gasteiger partial charge in [-0.25, -0.2) is 4.85 Å². The third-order valence-electron chi connectivity index (χ3n) is 1.53. The van der Waals surface area contributed by atoms with Crippen molar-refractivity contribution in [3.63, 3.8) is 0 Å². The van der Waals surface area contributed by atoms with Gasteiger partial charge in [0.25, 0.3) is 0 Å². The molecular weight excluding hydrogens is 230 g/mol. The summed E-state index contributed by atoms with van der Waals surface area (Å²) in [5.41, 5.74) is 0.940. The van der Waals surface area contributed by atoms with Crippen molar-refractivity contribution in [1.82, 2.24) is 0 Å². The van der Waals surface area contributed by atoms with Gasteiger partial charge < -0.3 is 4.74 Å². The van der Waals surface area contributed by atoms with E-state index in [9.17, 15) is 0 Å². The zero-order chi connectivity index (χ0) is 9.68. The molecule has 0 amide bonds. The molecule has 2 nitrogen and oxygen atoms in total. The van der Waals surface area contributed by atoms with E-state index in [2.05, 4.69) is 20.8 Å². The van der Waals surface area contributed by atoms with Gasteiger partial charge in [0.15, 0.2) is 6.20 Å². The fourth-order valence-electron chi connectivity index (χ4n) is 0.894. The van der Waals surface area contributed by atoms with E-state index in [-0.39, 0.29) is 0 Å². The van der Waals surface area contributed by atoms with Gasteiger partial charge in [0.1, 0.15) is 5.75 Å². The van der Waals surface area contributed by atoms with Crippen LogP contribution in [0.2, 0.25) is 0 Å². The smallest absolute Gasteiger partial charge is 0.154 e. The standard InChI is InChI=1S/C10H8BrNO/c1-12-6-5-8-7-9(13-2)3-4-10(8)11/h3-7H,2H3/b6-5+. The molecule has 1 aromatic carbocycles. The average molecular weight is 238 g/mol. The van der Waals surface area contributed by atoms with Gasteiger partial charge in [-0.3, -0.25) is 0 Å². The second-order valence-corrected chi connectivity index (χ2v) is 3.19. The first-order valence-corrected chi connectivity index (χ1v) is 4.44. The number of halogens is 1. The Kier molecular flexibility index (Phi) is 3.53. The first-order valence-electron chi connectivity index (χ1n) is 3.64. The monoisotopic (exact) mass is 237 g/mol. The molecular formula is C10H8BrNO. The highest BCUT2D eigenvalue weighted by Gasteiger charge is 1.97. The molecule has 0 aliphatic rings. The van der Waals surface area contributed by atoms with Crippen LogP contribution < -0.4 is 4.74 Å². The van der Waals surface area contributed by atoms with Crippen molar-refractivity contribution in [3.05, 3.63) is 45.9 Å². The van der Waals surface area contributed by atoms with E-state index in [1.807, 2.05) is 18.2 Å². The van der Waals surface area contributed by atoms with E-state index >= 15 is 0 Å². The van der Waals surface area contributed by atoms with E-state index in [0.717, 1.165) is 15.8 Å². The predicted molar refractivity (Wildman–Crippen MR) is 56.3 cm³/mol. The lowest BCUT2D eigenvalue weighted by Gasteiger charge is -2.02. The average Bonchev–Trinajstić information content (AvgIpc) is 2.17. The molecule has 1 rings (SSSR count). The van der Waals surface area contributed by atoms with Crippen LogP contribution in [0.25, 0.3) is 10.9 Å². The van der Waals surface area contributed by atoms with Gasteiger partial charge in [-0.15, -0.1) is 0 Å². The second kappa shape index (κ2) is 4.68. The summed E-state index contributed by atoms with van der Waals surface area (Å²) in [6.07, 6.45) is 3.15. The summed E-state index contributed by atoms with van der Waals surface area (Å²) in [5, 5.41) is 0. The zero-order valence-electron chi connectivity index (χ0n) is 7.12. The summed E-state index contributed by atoms with van der Waals surface area (Å²) in [4.78, 5) is 3.14. The van der Waals surface area contributed by atoms with Crippen LogP contribution in [-0.2, 0) is 0 Å². The molecule has 0 aliphatic heterocycles. The van der Waals surface area contributed by atoms with Gasteiger partial charge in [0.05, 0.1) is 13.7 Å². The highest BCUT2D eigenvalue weighted by molar-refractivity contribution is 9.10. The van der Waals surface area contributed by atoms with Gasteiger partial charge in [0, 0.05) is 4.47 Å². The Morgan fingerprint density at radius 1 is 1.54 bits per heavy atom. The quantitative estimate of drug-likeness (QED) is 0.720. The SMILES string of the molecule is [C-]#[N+]/C=C/c1cc(OC)ccc1Br. The Morgan fingerprint density at radius 3 is 2.92 bits per heavy atom. The maximum atomic E-state index is 6.61. The molecule has 13 heavy (non-hydrogen) atoms. The summed E-state index contributed by atoms with van der Waals surface area (Å²) >= 11 is 3.38. The fraction of sp³-hybridized carbons (Fsp3) is 0.100. The van der Waals surface area contributed by atoms with Crippen LogP contribution in [0.5, 0.6) is 5.75 Å². The lowest BCUT2D eigenvalue weighted by molar-refractivity contribution is 0.414. The largest absolute Gasteiger partial charge is 0.497 e. The second-order valence-electron chi connectivity index (χ2n) is 2.33. The number of methoxy groups -OCH3 is 1. The van der Waals surface area contributed by atoms with E-state index in [1.54, 1.807) is 13.2 Å². The topological polar surface area (TPSA) is 13.6 Å². The van der Waals surface area contributed by atoms with E-state index in [4.69, 9.17) is 11.3 Å². The zero-order valence-corrected chi connectivity index (χ0v) is 8.71. The molecule has 0 unspecified atom stereocenters. The van der Waals surface area contributed by atoms with Gasteiger partial charge >= 0.3 is 0 Å². The molecule has 0 saturated carbocycles. The minimum Gasteiger partial charge on any atom is -0.497 e. The summed E-state index contributed by atoms with van der Waals surface area (Å²) in [6, 6.07) is 5.62. The third-order valence-corrected chi connectivity index (χ3v) is 2.25. The Hall–Kier alpha value is -1.27. The number of nitrogens with zero attached hydrogens (tertiary/aromatic N) is 1. The van der Waals surface area contributed by atoms with E-state index in [1.165, 1.54) is 6.20 Å². The van der Waals surface area contributed by atoms with Crippen molar-refractivity contribution in [3.8, 4) is 5.75 Å². The lowest BCUT2D eigenvalue weighted by Crippen LogP contribution is -1.83. The van der Waals surface area contributed by atoms with Crippen molar-refractivity contribution in [1.29, 1.82) is 0 Å². The van der Waals surface area contributed by atoms with Crippen LogP contribution in [0.3, 0.4) is 0 Å². The van der Waals surface area contributed by atoms with Crippen LogP contribution in [0.15, 0.2) is 28.9 Å². The van der Waals surface area contributed by atoms with Crippen LogP contribution in [0.1, 0.15) is 5.56 Å².